The van der Waals surface area contributed by atoms with Gasteiger partial charge in [-0.05, 0) is 31.4 Å². The first-order valence-electron chi connectivity index (χ1n) is 6.56. The maximum Gasteiger partial charge on any atom is 0.233 e. The lowest BCUT2D eigenvalue weighted by Gasteiger charge is -2.52. The van der Waals surface area contributed by atoms with E-state index in [4.69, 9.17) is 10.5 Å². The van der Waals surface area contributed by atoms with E-state index >= 15 is 0 Å². The summed E-state index contributed by atoms with van der Waals surface area (Å²) >= 11 is 1.76. The molecule has 0 aromatic heterocycles. The molecule has 0 bridgehead atoms. The molecule has 0 radical (unpaired) electrons. The van der Waals surface area contributed by atoms with Gasteiger partial charge in [-0.1, -0.05) is 0 Å². The molecular weight excluding hydrogens is 236 g/mol. The Hall–Kier alpha value is -0.260. The first kappa shape index (κ1) is 11.8. The molecule has 3 aliphatic rings. The monoisotopic (exact) mass is 256 g/mol. The highest BCUT2D eigenvalue weighted by atomic mass is 32.2. The Bertz CT molecular complexity index is 307. The first-order chi connectivity index (χ1) is 8.27. The van der Waals surface area contributed by atoms with Gasteiger partial charge in [0.1, 0.15) is 0 Å². The van der Waals surface area contributed by atoms with Crippen molar-refractivity contribution in [2.45, 2.75) is 49.1 Å². The summed E-state index contributed by atoms with van der Waals surface area (Å²) in [6.45, 7) is 0.818. The second-order valence-corrected chi connectivity index (χ2v) is 6.57. The number of carbonyl (C=O) groups excluding carboxylic acids is 1. The van der Waals surface area contributed by atoms with Gasteiger partial charge >= 0.3 is 0 Å². The minimum Gasteiger partial charge on any atom is -0.376 e. The van der Waals surface area contributed by atoms with Crippen LogP contribution in [0, 0.1) is 5.92 Å². The van der Waals surface area contributed by atoms with Crippen molar-refractivity contribution in [3.63, 3.8) is 0 Å². The number of carbonyl (C=O) groups is 1. The van der Waals surface area contributed by atoms with Gasteiger partial charge in [0.2, 0.25) is 5.91 Å². The average molecular weight is 256 g/mol. The molecule has 2 saturated heterocycles. The first-order valence-corrected chi connectivity index (χ1v) is 7.61. The summed E-state index contributed by atoms with van der Waals surface area (Å²) < 4.78 is 5.72. The molecule has 3 N–H and O–H groups in total. The number of nitrogens with one attached hydrogen (secondary N) is 1. The van der Waals surface area contributed by atoms with E-state index < -0.39 is 0 Å². The van der Waals surface area contributed by atoms with E-state index in [0.717, 1.165) is 38.0 Å². The van der Waals surface area contributed by atoms with E-state index in [2.05, 4.69) is 5.32 Å². The molecule has 0 spiro atoms. The zero-order chi connectivity index (χ0) is 11.8. The highest BCUT2D eigenvalue weighted by Gasteiger charge is 2.51. The second kappa shape index (κ2) is 4.78. The zero-order valence-electron chi connectivity index (χ0n) is 9.93. The van der Waals surface area contributed by atoms with E-state index in [-0.39, 0.29) is 29.3 Å². The fourth-order valence-corrected chi connectivity index (χ4v) is 4.34. The Kier molecular flexibility index (Phi) is 3.32. The summed E-state index contributed by atoms with van der Waals surface area (Å²) in [6.07, 6.45) is 4.59. The maximum absolute atomic E-state index is 12.0. The smallest absolute Gasteiger partial charge is 0.233 e. The van der Waals surface area contributed by atoms with E-state index in [1.807, 2.05) is 0 Å². The third-order valence-electron chi connectivity index (χ3n) is 4.21. The SMILES string of the molecule is NC1C2CCCOC2C1NC(=O)C1CCCS1. The van der Waals surface area contributed by atoms with Crippen molar-refractivity contribution in [2.75, 3.05) is 12.4 Å². The highest BCUT2D eigenvalue weighted by Crippen LogP contribution is 2.37. The third-order valence-corrected chi connectivity index (χ3v) is 5.58. The Morgan fingerprint density at radius 2 is 2.24 bits per heavy atom. The summed E-state index contributed by atoms with van der Waals surface area (Å²) in [6, 6.07) is 0.143. The molecule has 4 nitrogen and oxygen atoms in total. The van der Waals surface area contributed by atoms with Crippen LogP contribution in [0.1, 0.15) is 25.7 Å². The molecule has 3 rings (SSSR count). The maximum atomic E-state index is 12.0. The van der Waals surface area contributed by atoms with Crippen LogP contribution < -0.4 is 11.1 Å². The quantitative estimate of drug-likeness (QED) is 0.755. The van der Waals surface area contributed by atoms with Gasteiger partial charge in [-0.25, -0.2) is 0 Å². The molecule has 5 atom stereocenters. The van der Waals surface area contributed by atoms with Gasteiger partial charge in [0, 0.05) is 18.6 Å². The summed E-state index contributed by atoms with van der Waals surface area (Å²) in [5.74, 6) is 1.74. The second-order valence-electron chi connectivity index (χ2n) is 5.25. The third kappa shape index (κ3) is 2.09. The van der Waals surface area contributed by atoms with Crippen LogP contribution in [-0.2, 0) is 9.53 Å². The van der Waals surface area contributed by atoms with Crippen LogP contribution in [0.2, 0.25) is 0 Å². The Morgan fingerprint density at radius 3 is 3.00 bits per heavy atom. The van der Waals surface area contributed by atoms with Crippen molar-refractivity contribution in [2.24, 2.45) is 11.7 Å². The number of fused-ring (bicyclic) bond motifs is 1. The normalized spacial score (nSPS) is 44.9. The summed E-state index contributed by atoms with van der Waals surface area (Å²) in [7, 11) is 0. The molecule has 2 aliphatic heterocycles. The van der Waals surface area contributed by atoms with Crippen LogP contribution in [0.25, 0.3) is 0 Å². The Labute approximate surface area is 106 Å². The van der Waals surface area contributed by atoms with E-state index in [9.17, 15) is 4.79 Å². The molecule has 5 heteroatoms. The van der Waals surface area contributed by atoms with Gasteiger partial charge in [-0.3, -0.25) is 4.79 Å². The van der Waals surface area contributed by atoms with Gasteiger partial charge in [-0.15, -0.1) is 11.8 Å². The predicted molar refractivity (Wildman–Crippen MR) is 67.9 cm³/mol. The Morgan fingerprint density at radius 1 is 1.35 bits per heavy atom. The van der Waals surface area contributed by atoms with Gasteiger partial charge in [-0.2, -0.15) is 0 Å². The van der Waals surface area contributed by atoms with Gasteiger partial charge in [0.15, 0.2) is 0 Å². The van der Waals surface area contributed by atoms with Crippen molar-refractivity contribution in [3.05, 3.63) is 0 Å². The van der Waals surface area contributed by atoms with Crippen LogP contribution in [0.3, 0.4) is 0 Å². The number of hydrogen-bond acceptors (Lipinski definition) is 4. The molecule has 5 unspecified atom stereocenters. The van der Waals surface area contributed by atoms with Crippen LogP contribution in [-0.4, -0.2) is 41.7 Å². The summed E-state index contributed by atoms with van der Waals surface area (Å²) in [4.78, 5) is 12.0. The predicted octanol–water partition coefficient (Wildman–Crippen LogP) is 0.503. The molecular formula is C12H20N2O2S. The van der Waals surface area contributed by atoms with Crippen LogP contribution >= 0.6 is 11.8 Å². The van der Waals surface area contributed by atoms with E-state index in [1.54, 1.807) is 11.8 Å². The minimum atomic E-state index is 0.0500. The van der Waals surface area contributed by atoms with E-state index in [0.29, 0.717) is 5.92 Å². The molecule has 17 heavy (non-hydrogen) atoms. The van der Waals surface area contributed by atoms with Gasteiger partial charge in [0.25, 0.3) is 0 Å². The van der Waals surface area contributed by atoms with Crippen LogP contribution in [0.5, 0.6) is 0 Å². The Balaban J connectivity index is 1.56. The van der Waals surface area contributed by atoms with Crippen LogP contribution in [0.15, 0.2) is 0 Å². The van der Waals surface area contributed by atoms with Crippen molar-refractivity contribution in [1.29, 1.82) is 0 Å². The number of thioether (sulfide) groups is 1. The average Bonchev–Trinajstić information content (AvgIpc) is 2.89. The molecule has 1 saturated carbocycles. The van der Waals surface area contributed by atoms with Crippen molar-refractivity contribution >= 4 is 17.7 Å². The number of nitrogens with two attached hydrogens (primary N) is 1. The van der Waals surface area contributed by atoms with Gasteiger partial charge < -0.3 is 15.8 Å². The standard InChI is InChI=1S/C12H20N2O2S/c13-9-7-3-1-5-16-11(7)10(9)14-12(15)8-4-2-6-17-8/h7-11H,1-6,13H2,(H,14,15). The van der Waals surface area contributed by atoms with Crippen LogP contribution in [0.4, 0.5) is 0 Å². The largest absolute Gasteiger partial charge is 0.376 e. The number of ether oxygens (including phenoxy) is 1. The summed E-state index contributed by atoms with van der Waals surface area (Å²) in [5.41, 5.74) is 6.12. The number of hydrogen-bond donors (Lipinski definition) is 2. The molecule has 1 aliphatic carbocycles. The number of rotatable bonds is 2. The van der Waals surface area contributed by atoms with Gasteiger partial charge in [0.05, 0.1) is 17.4 Å². The van der Waals surface area contributed by atoms with Crippen molar-refractivity contribution in [1.82, 2.24) is 5.32 Å². The molecule has 0 aromatic rings. The lowest BCUT2D eigenvalue weighted by Crippen LogP contribution is -2.72. The minimum absolute atomic E-state index is 0.0500. The molecule has 96 valence electrons. The highest BCUT2D eigenvalue weighted by molar-refractivity contribution is 8.00. The number of amides is 1. The zero-order valence-corrected chi connectivity index (χ0v) is 10.7. The van der Waals surface area contributed by atoms with Crippen molar-refractivity contribution < 1.29 is 9.53 Å². The topological polar surface area (TPSA) is 64.3 Å². The summed E-state index contributed by atoms with van der Waals surface area (Å²) in [5, 5.41) is 3.24. The molecule has 3 fully saturated rings. The molecule has 0 aromatic carbocycles. The fourth-order valence-electron chi connectivity index (χ4n) is 3.17. The molecule has 1 amide bonds. The van der Waals surface area contributed by atoms with Crippen molar-refractivity contribution in [3.8, 4) is 0 Å². The molecule has 2 heterocycles. The van der Waals surface area contributed by atoms with E-state index in [1.165, 1.54) is 0 Å². The lowest BCUT2D eigenvalue weighted by atomic mass is 9.68. The lowest BCUT2D eigenvalue weighted by molar-refractivity contribution is -0.138. The fraction of sp³-hybridized carbons (Fsp3) is 0.917.